The van der Waals surface area contributed by atoms with Gasteiger partial charge in [-0.15, -0.1) is 0 Å². The number of hydrogen-bond acceptors (Lipinski definition) is 1. The molecule has 1 aliphatic rings. The summed E-state index contributed by atoms with van der Waals surface area (Å²) in [6.45, 7) is 17.9. The van der Waals surface area contributed by atoms with Crippen molar-refractivity contribution in [3.8, 4) is 0 Å². The van der Waals surface area contributed by atoms with E-state index in [1.165, 1.54) is 25.8 Å². The summed E-state index contributed by atoms with van der Waals surface area (Å²) in [4.78, 5) is 2.77. The summed E-state index contributed by atoms with van der Waals surface area (Å²) < 4.78 is 0. The predicted molar refractivity (Wildman–Crippen MR) is 77.3 cm³/mol. The smallest absolute Gasteiger partial charge is 0.00981 e. The monoisotopic (exact) mass is 239 g/mol. The average Bonchev–Trinajstić information content (AvgIpc) is 2.98. The number of hydrogen-bond donors (Lipinski definition) is 0. The van der Waals surface area contributed by atoms with Crippen LogP contribution in [0.2, 0.25) is 0 Å². The van der Waals surface area contributed by atoms with Gasteiger partial charge in [-0.25, -0.2) is 0 Å². The molecule has 2 unspecified atom stereocenters. The fourth-order valence-electron chi connectivity index (χ4n) is 2.48. The predicted octanol–water partition coefficient (Wildman–Crippen LogP) is 4.57. The molecule has 102 valence electrons. The van der Waals surface area contributed by atoms with Crippen LogP contribution < -0.4 is 0 Å². The van der Waals surface area contributed by atoms with Gasteiger partial charge in [-0.2, -0.15) is 0 Å². The maximum atomic E-state index is 2.77. The molecule has 0 N–H and O–H groups in total. The molecule has 0 aromatic carbocycles. The Morgan fingerprint density at radius 2 is 1.59 bits per heavy atom. The third-order valence-electron chi connectivity index (χ3n) is 4.44. The standard InChI is InChI=1S/C16H33N/c1-12(2)13(3)17(11-10-16(5,6)7)14(4)15-8-9-15/h12-15H,8-11H2,1-7H3. The van der Waals surface area contributed by atoms with Gasteiger partial charge in [0.1, 0.15) is 0 Å². The first kappa shape index (κ1) is 15.0. The topological polar surface area (TPSA) is 3.24 Å². The van der Waals surface area contributed by atoms with Crippen LogP contribution in [0.4, 0.5) is 0 Å². The van der Waals surface area contributed by atoms with Crippen LogP contribution >= 0.6 is 0 Å². The second-order valence-electron chi connectivity index (χ2n) is 7.61. The van der Waals surface area contributed by atoms with Crippen LogP contribution in [0.5, 0.6) is 0 Å². The summed E-state index contributed by atoms with van der Waals surface area (Å²) in [5.41, 5.74) is 0.457. The quantitative estimate of drug-likeness (QED) is 0.656. The largest absolute Gasteiger partial charge is 0.297 e. The lowest BCUT2D eigenvalue weighted by atomic mass is 9.90. The fourth-order valence-corrected chi connectivity index (χ4v) is 2.48. The van der Waals surface area contributed by atoms with Crippen molar-refractivity contribution in [3.63, 3.8) is 0 Å². The van der Waals surface area contributed by atoms with Gasteiger partial charge in [0, 0.05) is 12.1 Å². The van der Waals surface area contributed by atoms with Gasteiger partial charge in [0.2, 0.25) is 0 Å². The van der Waals surface area contributed by atoms with Gasteiger partial charge < -0.3 is 0 Å². The van der Waals surface area contributed by atoms with Crippen molar-refractivity contribution in [2.24, 2.45) is 17.3 Å². The molecule has 0 heterocycles. The van der Waals surface area contributed by atoms with Crippen molar-refractivity contribution in [3.05, 3.63) is 0 Å². The lowest BCUT2D eigenvalue weighted by Gasteiger charge is -2.38. The average molecular weight is 239 g/mol. The van der Waals surface area contributed by atoms with E-state index in [1.807, 2.05) is 0 Å². The first-order chi connectivity index (χ1) is 7.72. The van der Waals surface area contributed by atoms with Crippen LogP contribution in [0.3, 0.4) is 0 Å². The molecule has 2 atom stereocenters. The number of rotatable bonds is 6. The molecule has 1 nitrogen and oxygen atoms in total. The molecule has 0 aliphatic heterocycles. The van der Waals surface area contributed by atoms with Gasteiger partial charge in [-0.3, -0.25) is 4.90 Å². The molecule has 0 amide bonds. The Bertz CT molecular complexity index is 214. The first-order valence-corrected chi connectivity index (χ1v) is 7.48. The van der Waals surface area contributed by atoms with E-state index >= 15 is 0 Å². The molecule has 1 rings (SSSR count). The molecule has 1 fully saturated rings. The molecule has 0 saturated heterocycles. The van der Waals surface area contributed by atoms with E-state index in [2.05, 4.69) is 53.4 Å². The molecular weight excluding hydrogens is 206 g/mol. The van der Waals surface area contributed by atoms with E-state index in [4.69, 9.17) is 0 Å². The Morgan fingerprint density at radius 1 is 1.06 bits per heavy atom. The molecule has 0 radical (unpaired) electrons. The van der Waals surface area contributed by atoms with Crippen molar-refractivity contribution in [2.45, 2.75) is 79.8 Å². The van der Waals surface area contributed by atoms with E-state index in [9.17, 15) is 0 Å². The van der Waals surface area contributed by atoms with Gasteiger partial charge in [0.15, 0.2) is 0 Å². The minimum Gasteiger partial charge on any atom is -0.297 e. The number of nitrogens with zero attached hydrogens (tertiary/aromatic N) is 1. The van der Waals surface area contributed by atoms with Gasteiger partial charge in [-0.05, 0) is 56.9 Å². The summed E-state index contributed by atoms with van der Waals surface area (Å²) in [5, 5.41) is 0. The summed E-state index contributed by atoms with van der Waals surface area (Å²) in [6.07, 6.45) is 4.22. The van der Waals surface area contributed by atoms with Crippen LogP contribution in [0.25, 0.3) is 0 Å². The summed E-state index contributed by atoms with van der Waals surface area (Å²) in [6, 6.07) is 1.50. The van der Waals surface area contributed by atoms with Gasteiger partial charge in [0.25, 0.3) is 0 Å². The lowest BCUT2D eigenvalue weighted by molar-refractivity contribution is 0.0937. The third kappa shape index (κ3) is 4.99. The van der Waals surface area contributed by atoms with Crippen LogP contribution in [0.1, 0.15) is 67.7 Å². The SMILES string of the molecule is CC(C)C(C)N(CCC(C)(C)C)C(C)C1CC1. The minimum atomic E-state index is 0.457. The van der Waals surface area contributed by atoms with Crippen LogP contribution in [-0.4, -0.2) is 23.5 Å². The van der Waals surface area contributed by atoms with E-state index in [1.54, 1.807) is 0 Å². The van der Waals surface area contributed by atoms with Gasteiger partial charge in [0.05, 0.1) is 0 Å². The molecule has 1 saturated carbocycles. The Morgan fingerprint density at radius 3 is 1.94 bits per heavy atom. The fraction of sp³-hybridized carbons (Fsp3) is 1.00. The maximum Gasteiger partial charge on any atom is 0.00981 e. The highest BCUT2D eigenvalue weighted by atomic mass is 15.2. The van der Waals surface area contributed by atoms with Crippen LogP contribution in [0.15, 0.2) is 0 Å². The van der Waals surface area contributed by atoms with Crippen molar-refractivity contribution in [2.75, 3.05) is 6.54 Å². The zero-order valence-electron chi connectivity index (χ0n) is 13.1. The molecule has 0 aromatic rings. The lowest BCUT2D eigenvalue weighted by Crippen LogP contribution is -2.45. The highest BCUT2D eigenvalue weighted by Crippen LogP contribution is 2.37. The van der Waals surface area contributed by atoms with Gasteiger partial charge >= 0.3 is 0 Å². The van der Waals surface area contributed by atoms with Crippen molar-refractivity contribution >= 4 is 0 Å². The van der Waals surface area contributed by atoms with Crippen LogP contribution in [0, 0.1) is 17.3 Å². The summed E-state index contributed by atoms with van der Waals surface area (Å²) in [5.74, 6) is 1.74. The second kappa shape index (κ2) is 5.73. The molecule has 0 spiro atoms. The van der Waals surface area contributed by atoms with Crippen molar-refractivity contribution in [1.82, 2.24) is 4.90 Å². The van der Waals surface area contributed by atoms with E-state index < -0.39 is 0 Å². The highest BCUT2D eigenvalue weighted by Gasteiger charge is 2.34. The van der Waals surface area contributed by atoms with Crippen LogP contribution in [-0.2, 0) is 0 Å². The molecule has 0 aromatic heterocycles. The van der Waals surface area contributed by atoms with E-state index in [0.29, 0.717) is 11.5 Å². The zero-order chi connectivity index (χ0) is 13.2. The summed E-state index contributed by atoms with van der Waals surface area (Å²) in [7, 11) is 0. The Kier molecular flexibility index (Phi) is 5.07. The zero-order valence-corrected chi connectivity index (χ0v) is 13.1. The molecule has 1 aliphatic carbocycles. The van der Waals surface area contributed by atoms with E-state index in [0.717, 1.165) is 17.9 Å². The highest BCUT2D eigenvalue weighted by molar-refractivity contribution is 4.88. The normalized spacial score (nSPS) is 21.0. The maximum absolute atomic E-state index is 2.77. The Labute approximate surface area is 109 Å². The molecule has 0 bridgehead atoms. The molecule has 17 heavy (non-hydrogen) atoms. The minimum absolute atomic E-state index is 0.457. The van der Waals surface area contributed by atoms with Crippen molar-refractivity contribution < 1.29 is 0 Å². The Balaban J connectivity index is 2.58. The Hall–Kier alpha value is -0.0400. The van der Waals surface area contributed by atoms with Gasteiger partial charge in [-0.1, -0.05) is 34.6 Å². The van der Waals surface area contributed by atoms with E-state index in [-0.39, 0.29) is 0 Å². The third-order valence-corrected chi connectivity index (χ3v) is 4.44. The second-order valence-corrected chi connectivity index (χ2v) is 7.61. The molecular formula is C16H33N. The molecule has 1 heteroatoms. The van der Waals surface area contributed by atoms with Crippen molar-refractivity contribution in [1.29, 1.82) is 0 Å². The first-order valence-electron chi connectivity index (χ1n) is 7.48. The summed E-state index contributed by atoms with van der Waals surface area (Å²) >= 11 is 0.